The standard InChI is InChI=1S/C18H16F2N2O/c1-11-4-5-12(10-21)16(6-11)22-17(23)18(2,3)13-7-14(19)9-15(20)8-13/h4-9H,1-3H3,(H,22,23). The number of benzene rings is 2. The Morgan fingerprint density at radius 1 is 1.13 bits per heavy atom. The molecule has 2 rings (SSSR count). The molecule has 2 aromatic rings. The fourth-order valence-electron chi connectivity index (χ4n) is 2.18. The molecule has 0 aromatic heterocycles. The van der Waals surface area contributed by atoms with Crippen LogP contribution < -0.4 is 5.32 Å². The molecule has 0 saturated heterocycles. The molecule has 3 nitrogen and oxygen atoms in total. The van der Waals surface area contributed by atoms with Gasteiger partial charge < -0.3 is 5.32 Å². The second-order valence-corrected chi connectivity index (χ2v) is 5.90. The molecule has 0 aliphatic carbocycles. The Kier molecular flexibility index (Phi) is 4.46. The van der Waals surface area contributed by atoms with E-state index < -0.39 is 23.0 Å². The molecule has 0 fully saturated rings. The van der Waals surface area contributed by atoms with Crippen LogP contribution in [0.1, 0.15) is 30.5 Å². The highest BCUT2D eigenvalue weighted by Gasteiger charge is 2.31. The van der Waals surface area contributed by atoms with Crippen LogP contribution in [0.5, 0.6) is 0 Å². The topological polar surface area (TPSA) is 52.9 Å². The normalized spacial score (nSPS) is 11.0. The summed E-state index contributed by atoms with van der Waals surface area (Å²) in [4.78, 5) is 12.6. The number of amides is 1. The van der Waals surface area contributed by atoms with Crippen LogP contribution >= 0.6 is 0 Å². The van der Waals surface area contributed by atoms with Gasteiger partial charge in [0.25, 0.3) is 0 Å². The van der Waals surface area contributed by atoms with E-state index in [1.54, 1.807) is 32.0 Å². The maximum absolute atomic E-state index is 13.4. The number of hydrogen-bond donors (Lipinski definition) is 1. The van der Waals surface area contributed by atoms with E-state index in [1.807, 2.05) is 13.0 Å². The molecule has 0 unspecified atom stereocenters. The Morgan fingerprint density at radius 2 is 1.74 bits per heavy atom. The maximum atomic E-state index is 13.4. The Morgan fingerprint density at radius 3 is 2.30 bits per heavy atom. The number of nitriles is 1. The Hall–Kier alpha value is -2.74. The zero-order valence-corrected chi connectivity index (χ0v) is 13.1. The molecule has 2 aromatic carbocycles. The van der Waals surface area contributed by atoms with Crippen LogP contribution in [0.15, 0.2) is 36.4 Å². The third-order valence-corrected chi connectivity index (χ3v) is 3.70. The molecule has 1 N–H and O–H groups in total. The molecule has 0 aliphatic heterocycles. The predicted octanol–water partition coefficient (Wildman–Crippen LogP) is 4.06. The molecule has 118 valence electrons. The van der Waals surface area contributed by atoms with Crippen molar-refractivity contribution < 1.29 is 13.6 Å². The second kappa shape index (κ2) is 6.17. The summed E-state index contributed by atoms with van der Waals surface area (Å²) in [5, 5.41) is 11.8. The fourth-order valence-corrected chi connectivity index (χ4v) is 2.18. The summed E-state index contributed by atoms with van der Waals surface area (Å²) in [7, 11) is 0. The first kappa shape index (κ1) is 16.6. The average molecular weight is 314 g/mol. The lowest BCUT2D eigenvalue weighted by Crippen LogP contribution is -2.35. The van der Waals surface area contributed by atoms with Crippen LogP contribution in [0.4, 0.5) is 14.5 Å². The lowest BCUT2D eigenvalue weighted by atomic mass is 9.83. The van der Waals surface area contributed by atoms with Gasteiger partial charge in [0.1, 0.15) is 17.7 Å². The van der Waals surface area contributed by atoms with E-state index >= 15 is 0 Å². The summed E-state index contributed by atoms with van der Waals surface area (Å²) in [6, 6.07) is 10.1. The van der Waals surface area contributed by atoms with Crippen LogP contribution in [0.3, 0.4) is 0 Å². The first-order valence-corrected chi connectivity index (χ1v) is 7.03. The Labute approximate surface area is 133 Å². The molecule has 0 saturated carbocycles. The number of hydrogen-bond acceptors (Lipinski definition) is 2. The van der Waals surface area contributed by atoms with E-state index in [-0.39, 0.29) is 5.56 Å². The Bertz CT molecular complexity index is 787. The van der Waals surface area contributed by atoms with E-state index in [4.69, 9.17) is 5.26 Å². The largest absolute Gasteiger partial charge is 0.324 e. The highest BCUT2D eigenvalue weighted by Crippen LogP contribution is 2.27. The van der Waals surface area contributed by atoms with Crippen LogP contribution in [0.25, 0.3) is 0 Å². The van der Waals surface area contributed by atoms with Crippen molar-refractivity contribution in [2.45, 2.75) is 26.2 Å². The van der Waals surface area contributed by atoms with Crippen molar-refractivity contribution in [3.8, 4) is 6.07 Å². The zero-order chi connectivity index (χ0) is 17.2. The summed E-state index contributed by atoms with van der Waals surface area (Å²) in [6.07, 6.45) is 0. The van der Waals surface area contributed by atoms with Crippen molar-refractivity contribution in [2.75, 3.05) is 5.32 Å². The predicted molar refractivity (Wildman–Crippen MR) is 83.9 cm³/mol. The van der Waals surface area contributed by atoms with Crippen molar-refractivity contribution >= 4 is 11.6 Å². The van der Waals surface area contributed by atoms with E-state index in [2.05, 4.69) is 5.32 Å². The summed E-state index contributed by atoms with van der Waals surface area (Å²) in [6.45, 7) is 4.97. The molecule has 0 heterocycles. The number of rotatable bonds is 3. The molecular weight excluding hydrogens is 298 g/mol. The van der Waals surface area contributed by atoms with Gasteiger partial charge in [-0.1, -0.05) is 6.07 Å². The first-order chi connectivity index (χ1) is 10.7. The molecule has 0 bridgehead atoms. The van der Waals surface area contributed by atoms with Gasteiger partial charge >= 0.3 is 0 Å². The number of carbonyl (C=O) groups excluding carboxylic acids is 1. The molecule has 5 heteroatoms. The molecule has 0 atom stereocenters. The van der Waals surface area contributed by atoms with Crippen molar-refractivity contribution in [2.24, 2.45) is 0 Å². The SMILES string of the molecule is Cc1ccc(C#N)c(NC(=O)C(C)(C)c2cc(F)cc(F)c2)c1. The maximum Gasteiger partial charge on any atom is 0.234 e. The van der Waals surface area contributed by atoms with Gasteiger partial charge in [0.15, 0.2) is 0 Å². The van der Waals surface area contributed by atoms with E-state index in [0.717, 1.165) is 23.8 Å². The molecule has 0 aliphatic rings. The number of nitrogens with one attached hydrogen (secondary N) is 1. The number of nitrogens with zero attached hydrogens (tertiary/aromatic N) is 1. The van der Waals surface area contributed by atoms with Crippen molar-refractivity contribution in [3.63, 3.8) is 0 Å². The second-order valence-electron chi connectivity index (χ2n) is 5.90. The van der Waals surface area contributed by atoms with Crippen LogP contribution in [0.2, 0.25) is 0 Å². The molecule has 0 spiro atoms. The van der Waals surface area contributed by atoms with Crippen LogP contribution in [0, 0.1) is 29.9 Å². The Balaban J connectivity index is 2.36. The van der Waals surface area contributed by atoms with E-state index in [9.17, 15) is 13.6 Å². The van der Waals surface area contributed by atoms with Gasteiger partial charge in [-0.05, 0) is 56.2 Å². The van der Waals surface area contributed by atoms with E-state index in [1.165, 1.54) is 0 Å². The minimum absolute atomic E-state index is 0.221. The van der Waals surface area contributed by atoms with Gasteiger partial charge in [-0.2, -0.15) is 5.26 Å². The average Bonchev–Trinajstić information content (AvgIpc) is 2.46. The summed E-state index contributed by atoms with van der Waals surface area (Å²) in [5.41, 5.74) is 0.638. The van der Waals surface area contributed by atoms with Crippen LogP contribution in [-0.2, 0) is 10.2 Å². The molecule has 1 amide bonds. The minimum atomic E-state index is -1.17. The smallest absolute Gasteiger partial charge is 0.234 e. The van der Waals surface area contributed by atoms with Gasteiger partial charge in [-0.25, -0.2) is 8.78 Å². The number of carbonyl (C=O) groups is 1. The third-order valence-electron chi connectivity index (χ3n) is 3.70. The van der Waals surface area contributed by atoms with Gasteiger partial charge in [0, 0.05) is 6.07 Å². The van der Waals surface area contributed by atoms with Crippen molar-refractivity contribution in [3.05, 3.63) is 64.7 Å². The lowest BCUT2D eigenvalue weighted by molar-refractivity contribution is -0.120. The summed E-state index contributed by atoms with van der Waals surface area (Å²) < 4.78 is 26.8. The molecular formula is C18H16F2N2O. The number of aryl methyl sites for hydroxylation is 1. The van der Waals surface area contributed by atoms with Crippen molar-refractivity contribution in [1.29, 1.82) is 5.26 Å². The van der Waals surface area contributed by atoms with Crippen molar-refractivity contribution in [1.82, 2.24) is 0 Å². The zero-order valence-electron chi connectivity index (χ0n) is 13.1. The monoisotopic (exact) mass is 314 g/mol. The molecule has 23 heavy (non-hydrogen) atoms. The fraction of sp³-hybridized carbons (Fsp3) is 0.222. The molecule has 0 radical (unpaired) electrons. The summed E-state index contributed by atoms with van der Waals surface area (Å²) in [5.74, 6) is -1.94. The lowest BCUT2D eigenvalue weighted by Gasteiger charge is -2.24. The highest BCUT2D eigenvalue weighted by molar-refractivity contribution is 5.99. The minimum Gasteiger partial charge on any atom is -0.324 e. The van der Waals surface area contributed by atoms with Crippen LogP contribution in [-0.4, -0.2) is 5.91 Å². The first-order valence-electron chi connectivity index (χ1n) is 7.03. The quantitative estimate of drug-likeness (QED) is 0.929. The number of anilines is 1. The third kappa shape index (κ3) is 3.54. The van der Waals surface area contributed by atoms with Gasteiger partial charge in [-0.3, -0.25) is 4.79 Å². The van der Waals surface area contributed by atoms with Gasteiger partial charge in [-0.15, -0.1) is 0 Å². The van der Waals surface area contributed by atoms with E-state index in [0.29, 0.717) is 11.3 Å². The highest BCUT2D eigenvalue weighted by atomic mass is 19.1. The van der Waals surface area contributed by atoms with Gasteiger partial charge in [0.05, 0.1) is 16.7 Å². The van der Waals surface area contributed by atoms with Gasteiger partial charge in [0.2, 0.25) is 5.91 Å². The summed E-state index contributed by atoms with van der Waals surface area (Å²) >= 11 is 0. The number of halogens is 2.